The molecule has 2 heterocycles. The van der Waals surface area contributed by atoms with Crippen LogP contribution in [-0.4, -0.2) is 47.9 Å². The normalized spacial score (nSPS) is 32.3. The van der Waals surface area contributed by atoms with E-state index in [9.17, 15) is 9.59 Å². The molecule has 0 aliphatic carbocycles. The molecule has 2 fully saturated rings. The van der Waals surface area contributed by atoms with Gasteiger partial charge in [0.15, 0.2) is 0 Å². The van der Waals surface area contributed by atoms with Crippen molar-refractivity contribution in [2.75, 3.05) is 19.6 Å². The molecule has 2 saturated heterocycles. The first-order valence-corrected chi connectivity index (χ1v) is 6.83. The van der Waals surface area contributed by atoms with Crippen LogP contribution in [0.3, 0.4) is 0 Å². The van der Waals surface area contributed by atoms with Crippen molar-refractivity contribution >= 4 is 11.8 Å². The smallest absolute Gasteiger partial charge is 0.242 e. The lowest BCUT2D eigenvalue weighted by Gasteiger charge is -2.36. The average molecular weight is 253 g/mol. The Morgan fingerprint density at radius 2 is 2.17 bits per heavy atom. The minimum atomic E-state index is -0.399. The number of rotatable bonds is 2. The first-order chi connectivity index (χ1) is 8.51. The molecule has 2 aliphatic rings. The Hall–Kier alpha value is -1.10. The van der Waals surface area contributed by atoms with Crippen LogP contribution >= 0.6 is 0 Å². The van der Waals surface area contributed by atoms with Gasteiger partial charge in [-0.3, -0.25) is 9.59 Å². The Balaban J connectivity index is 1.92. The molecule has 0 saturated carbocycles. The summed E-state index contributed by atoms with van der Waals surface area (Å²) in [5, 5.41) is 6.24. The van der Waals surface area contributed by atoms with Gasteiger partial charge in [-0.1, -0.05) is 0 Å². The van der Waals surface area contributed by atoms with Crippen molar-refractivity contribution in [1.29, 1.82) is 0 Å². The van der Waals surface area contributed by atoms with Gasteiger partial charge in [-0.2, -0.15) is 0 Å². The minimum absolute atomic E-state index is 0.0173. The van der Waals surface area contributed by atoms with Crippen molar-refractivity contribution in [3.63, 3.8) is 0 Å². The lowest BCUT2D eigenvalue weighted by molar-refractivity contribution is -0.137. The van der Waals surface area contributed by atoms with Crippen LogP contribution in [-0.2, 0) is 9.59 Å². The lowest BCUT2D eigenvalue weighted by atomic mass is 9.89. The first kappa shape index (κ1) is 13.3. The Kier molecular flexibility index (Phi) is 3.90. The average Bonchev–Trinajstić information content (AvgIpc) is 2.76. The van der Waals surface area contributed by atoms with Gasteiger partial charge in [0.25, 0.3) is 0 Å². The molecule has 0 aromatic rings. The zero-order valence-corrected chi connectivity index (χ0v) is 11.3. The summed E-state index contributed by atoms with van der Waals surface area (Å²) in [6.45, 7) is 5.84. The highest BCUT2D eigenvalue weighted by Crippen LogP contribution is 2.23. The molecular weight excluding hydrogens is 230 g/mol. The summed E-state index contributed by atoms with van der Waals surface area (Å²) in [4.78, 5) is 25.4. The van der Waals surface area contributed by atoms with Gasteiger partial charge in [-0.15, -0.1) is 0 Å². The van der Waals surface area contributed by atoms with Crippen LogP contribution in [0.15, 0.2) is 0 Å². The molecule has 0 bridgehead atoms. The van der Waals surface area contributed by atoms with Crippen molar-refractivity contribution in [2.45, 2.75) is 51.1 Å². The highest BCUT2D eigenvalue weighted by atomic mass is 16.2. The summed E-state index contributed by atoms with van der Waals surface area (Å²) in [6.07, 6.45) is 4.03. The number of nitrogens with one attached hydrogen (secondary N) is 2. The third-order valence-electron chi connectivity index (χ3n) is 3.97. The molecule has 2 unspecified atom stereocenters. The molecule has 2 N–H and O–H groups in total. The molecule has 2 amide bonds. The molecule has 0 aromatic heterocycles. The van der Waals surface area contributed by atoms with Crippen molar-refractivity contribution in [1.82, 2.24) is 15.5 Å². The number of hydrogen-bond acceptors (Lipinski definition) is 3. The predicted molar refractivity (Wildman–Crippen MR) is 69.1 cm³/mol. The summed E-state index contributed by atoms with van der Waals surface area (Å²) in [7, 11) is 0. The van der Waals surface area contributed by atoms with Gasteiger partial charge >= 0.3 is 0 Å². The van der Waals surface area contributed by atoms with Gasteiger partial charge in [0.1, 0.15) is 0 Å². The maximum absolute atomic E-state index is 12.5. The highest BCUT2D eigenvalue weighted by Gasteiger charge is 2.39. The Morgan fingerprint density at radius 3 is 2.78 bits per heavy atom. The molecule has 0 radical (unpaired) electrons. The van der Waals surface area contributed by atoms with Crippen LogP contribution in [0.4, 0.5) is 0 Å². The van der Waals surface area contributed by atoms with E-state index in [0.29, 0.717) is 6.54 Å². The van der Waals surface area contributed by atoms with Gasteiger partial charge in [-0.05, 0) is 39.2 Å². The number of nitrogens with zero attached hydrogens (tertiary/aromatic N) is 1. The standard InChI is InChI=1S/C13H23N3O2/c1-10(17)15-11-5-8-16(9-11)12(18)13(2)6-3-4-7-14-13/h11,14H,3-9H2,1-2H3,(H,15,17). The predicted octanol–water partition coefficient (Wildman–Crippen LogP) is 0.256. The van der Waals surface area contributed by atoms with Crippen LogP contribution in [0.1, 0.15) is 39.5 Å². The van der Waals surface area contributed by atoms with Crippen LogP contribution in [0, 0.1) is 0 Å². The van der Waals surface area contributed by atoms with Crippen molar-refractivity contribution in [2.24, 2.45) is 0 Å². The zero-order valence-electron chi connectivity index (χ0n) is 11.3. The number of amides is 2. The quantitative estimate of drug-likeness (QED) is 0.742. The fourth-order valence-electron chi connectivity index (χ4n) is 2.94. The molecule has 102 valence electrons. The van der Waals surface area contributed by atoms with Gasteiger partial charge < -0.3 is 15.5 Å². The number of hydrogen-bond donors (Lipinski definition) is 2. The van der Waals surface area contributed by atoms with Crippen LogP contribution in [0.2, 0.25) is 0 Å². The van der Waals surface area contributed by atoms with Crippen molar-refractivity contribution < 1.29 is 9.59 Å². The van der Waals surface area contributed by atoms with Crippen LogP contribution < -0.4 is 10.6 Å². The van der Waals surface area contributed by atoms with Gasteiger partial charge in [-0.25, -0.2) is 0 Å². The molecule has 2 aliphatic heterocycles. The van der Waals surface area contributed by atoms with E-state index in [-0.39, 0.29) is 17.9 Å². The fraction of sp³-hybridized carbons (Fsp3) is 0.846. The molecule has 18 heavy (non-hydrogen) atoms. The molecule has 2 atom stereocenters. The molecule has 5 heteroatoms. The first-order valence-electron chi connectivity index (χ1n) is 6.83. The second kappa shape index (κ2) is 5.26. The maximum atomic E-state index is 12.5. The summed E-state index contributed by atoms with van der Waals surface area (Å²) in [5.41, 5.74) is -0.399. The Morgan fingerprint density at radius 1 is 1.39 bits per heavy atom. The van der Waals surface area contributed by atoms with E-state index in [2.05, 4.69) is 10.6 Å². The minimum Gasteiger partial charge on any atom is -0.352 e. The number of carbonyl (C=O) groups is 2. The third-order valence-corrected chi connectivity index (χ3v) is 3.97. The van der Waals surface area contributed by atoms with E-state index in [0.717, 1.165) is 38.8 Å². The second-order valence-corrected chi connectivity index (χ2v) is 5.65. The summed E-state index contributed by atoms with van der Waals surface area (Å²) in [6, 6.07) is 0.124. The molecule has 5 nitrogen and oxygen atoms in total. The topological polar surface area (TPSA) is 61.4 Å². The van der Waals surface area contributed by atoms with E-state index in [1.165, 1.54) is 6.92 Å². The zero-order chi connectivity index (χ0) is 13.2. The van der Waals surface area contributed by atoms with Crippen LogP contribution in [0.25, 0.3) is 0 Å². The monoisotopic (exact) mass is 253 g/mol. The molecule has 0 aromatic carbocycles. The van der Waals surface area contributed by atoms with E-state index in [1.807, 2.05) is 11.8 Å². The number of likely N-dealkylation sites (tertiary alicyclic amines) is 1. The fourth-order valence-corrected chi connectivity index (χ4v) is 2.94. The molecule has 2 rings (SSSR count). The Labute approximate surface area is 108 Å². The largest absolute Gasteiger partial charge is 0.352 e. The molecular formula is C13H23N3O2. The Bertz CT molecular complexity index is 337. The van der Waals surface area contributed by atoms with Gasteiger partial charge in [0, 0.05) is 26.1 Å². The van der Waals surface area contributed by atoms with Gasteiger partial charge in [0.05, 0.1) is 5.54 Å². The highest BCUT2D eigenvalue weighted by molar-refractivity contribution is 5.86. The van der Waals surface area contributed by atoms with E-state index < -0.39 is 5.54 Å². The summed E-state index contributed by atoms with van der Waals surface area (Å²) in [5.74, 6) is 0.173. The van der Waals surface area contributed by atoms with E-state index in [1.54, 1.807) is 0 Å². The SMILES string of the molecule is CC(=O)NC1CCN(C(=O)C2(C)CCCCN2)C1. The number of piperidine rings is 1. The van der Waals surface area contributed by atoms with E-state index >= 15 is 0 Å². The second-order valence-electron chi connectivity index (χ2n) is 5.65. The third kappa shape index (κ3) is 2.83. The number of carbonyl (C=O) groups excluding carboxylic acids is 2. The van der Waals surface area contributed by atoms with Crippen molar-refractivity contribution in [3.8, 4) is 0 Å². The summed E-state index contributed by atoms with van der Waals surface area (Å²) >= 11 is 0. The molecule has 0 spiro atoms. The maximum Gasteiger partial charge on any atom is 0.242 e. The van der Waals surface area contributed by atoms with Crippen molar-refractivity contribution in [3.05, 3.63) is 0 Å². The summed E-state index contributed by atoms with van der Waals surface area (Å²) < 4.78 is 0. The van der Waals surface area contributed by atoms with Gasteiger partial charge in [0.2, 0.25) is 11.8 Å². The van der Waals surface area contributed by atoms with Crippen LogP contribution in [0.5, 0.6) is 0 Å². The lowest BCUT2D eigenvalue weighted by Crippen LogP contribution is -2.57. The van der Waals surface area contributed by atoms with E-state index in [4.69, 9.17) is 0 Å².